The van der Waals surface area contributed by atoms with Crippen molar-refractivity contribution >= 4 is 0 Å². The third-order valence-electron chi connectivity index (χ3n) is 2.19. The number of nitrogens with zero attached hydrogens (tertiary/aromatic N) is 1. The lowest BCUT2D eigenvalue weighted by Gasteiger charge is -2.16. The molecule has 0 aromatic rings. The van der Waals surface area contributed by atoms with E-state index in [-0.39, 0.29) is 0 Å². The Bertz CT molecular complexity index is 155. The van der Waals surface area contributed by atoms with E-state index in [4.69, 9.17) is 0 Å². The molecule has 4 heteroatoms. The molecule has 0 unspecified atom stereocenters. The van der Waals surface area contributed by atoms with Crippen molar-refractivity contribution in [2.75, 3.05) is 20.1 Å². The Hall–Kier alpha value is -0.250. The Labute approximate surface area is 104 Å². The molecular formula is C13H28F3N. The van der Waals surface area contributed by atoms with Crippen LogP contribution in [0.4, 0.5) is 13.2 Å². The molecule has 106 valence electrons. The van der Waals surface area contributed by atoms with Crippen molar-refractivity contribution in [3.8, 4) is 0 Å². The smallest absolute Gasteiger partial charge is 0.298 e. The van der Waals surface area contributed by atoms with E-state index in [1.54, 1.807) is 0 Å². The van der Waals surface area contributed by atoms with E-state index in [9.17, 15) is 13.2 Å². The quantitative estimate of drug-likeness (QED) is 0.663. The highest BCUT2D eigenvalue weighted by atomic mass is 19.4. The fourth-order valence-electron chi connectivity index (χ4n) is 1.38. The van der Waals surface area contributed by atoms with Gasteiger partial charge in [0, 0.05) is 0 Å². The second-order valence-corrected chi connectivity index (χ2v) is 4.89. The van der Waals surface area contributed by atoms with Gasteiger partial charge in [0.1, 0.15) is 0 Å². The Kier molecular flexibility index (Phi) is 12.2. The Morgan fingerprint density at radius 2 is 1.59 bits per heavy atom. The van der Waals surface area contributed by atoms with Crippen molar-refractivity contribution in [1.82, 2.24) is 4.90 Å². The first-order chi connectivity index (χ1) is 7.72. The van der Waals surface area contributed by atoms with Crippen LogP contribution in [-0.4, -0.2) is 31.2 Å². The van der Waals surface area contributed by atoms with Crippen LogP contribution >= 0.6 is 0 Å². The molecule has 0 heterocycles. The summed E-state index contributed by atoms with van der Waals surface area (Å²) in [5.41, 5.74) is 0. The van der Waals surface area contributed by atoms with Crippen LogP contribution in [0.5, 0.6) is 0 Å². The Morgan fingerprint density at radius 1 is 1.06 bits per heavy atom. The fraction of sp³-hybridized carbons (Fsp3) is 1.00. The summed E-state index contributed by atoms with van der Waals surface area (Å²) in [6.45, 7) is 8.33. The predicted octanol–water partition coefficient (Wildman–Crippen LogP) is 4.72. The van der Waals surface area contributed by atoms with Gasteiger partial charge in [-0.1, -0.05) is 47.0 Å². The molecule has 0 bridgehead atoms. The zero-order valence-electron chi connectivity index (χ0n) is 11.9. The van der Waals surface area contributed by atoms with Gasteiger partial charge in [-0.2, -0.15) is 13.2 Å². The molecule has 0 aliphatic rings. The van der Waals surface area contributed by atoms with Gasteiger partial charge in [-0.05, 0) is 25.9 Å². The molecule has 0 radical (unpaired) electrons. The van der Waals surface area contributed by atoms with Crippen LogP contribution in [0.1, 0.15) is 53.4 Å². The lowest BCUT2D eigenvalue weighted by molar-refractivity contribution is -0.142. The van der Waals surface area contributed by atoms with Gasteiger partial charge in [0.15, 0.2) is 0 Å². The third-order valence-corrected chi connectivity index (χ3v) is 2.19. The van der Waals surface area contributed by atoms with E-state index in [1.807, 2.05) is 6.92 Å². The maximum Gasteiger partial charge on any atom is 0.401 e. The van der Waals surface area contributed by atoms with Crippen LogP contribution in [-0.2, 0) is 0 Å². The first kappa shape index (κ1) is 19.1. The van der Waals surface area contributed by atoms with Gasteiger partial charge in [0.2, 0.25) is 0 Å². The van der Waals surface area contributed by atoms with E-state index in [1.165, 1.54) is 31.2 Å². The highest BCUT2D eigenvalue weighted by molar-refractivity contribution is 4.56. The maximum atomic E-state index is 11.6. The second kappa shape index (κ2) is 10.9. The minimum Gasteiger partial charge on any atom is -0.298 e. The minimum absolute atomic E-state index is 0.500. The van der Waals surface area contributed by atoms with Crippen LogP contribution in [0.3, 0.4) is 0 Å². The number of hydrogen-bond acceptors (Lipinski definition) is 1. The molecule has 0 atom stereocenters. The van der Waals surface area contributed by atoms with Crippen molar-refractivity contribution in [3.05, 3.63) is 0 Å². The van der Waals surface area contributed by atoms with Gasteiger partial charge >= 0.3 is 6.18 Å². The van der Waals surface area contributed by atoms with Gasteiger partial charge in [-0.25, -0.2) is 0 Å². The van der Waals surface area contributed by atoms with Crippen molar-refractivity contribution in [2.24, 2.45) is 5.92 Å². The highest BCUT2D eigenvalue weighted by Gasteiger charge is 2.28. The average Bonchev–Trinajstić information content (AvgIpc) is 2.13. The monoisotopic (exact) mass is 255 g/mol. The van der Waals surface area contributed by atoms with Crippen LogP contribution in [0.25, 0.3) is 0 Å². The van der Waals surface area contributed by atoms with E-state index in [2.05, 4.69) is 20.8 Å². The number of hydrogen-bond donors (Lipinski definition) is 0. The highest BCUT2D eigenvalue weighted by Crippen LogP contribution is 2.15. The molecule has 0 aromatic heterocycles. The standard InChI is InChI=1S/C7H16.C6H12F3N/c1-4-5-6-7(2)3;1-3-4-10(2)5-6(7,8)9/h7H,4-6H2,1-3H3;3-5H2,1-2H3. The largest absolute Gasteiger partial charge is 0.401 e. The minimum atomic E-state index is -4.05. The average molecular weight is 255 g/mol. The molecule has 0 aliphatic heterocycles. The molecule has 0 amide bonds. The zero-order chi connectivity index (χ0) is 13.9. The number of halogens is 3. The molecule has 0 aromatic carbocycles. The molecule has 0 rings (SSSR count). The van der Waals surface area contributed by atoms with E-state index >= 15 is 0 Å². The number of alkyl halides is 3. The third kappa shape index (κ3) is 21.6. The summed E-state index contributed by atoms with van der Waals surface area (Å²) in [4.78, 5) is 1.26. The van der Waals surface area contributed by atoms with E-state index in [0.717, 1.165) is 12.3 Å². The zero-order valence-corrected chi connectivity index (χ0v) is 11.9. The first-order valence-corrected chi connectivity index (χ1v) is 6.48. The summed E-state index contributed by atoms with van der Waals surface area (Å²) < 4.78 is 34.8. The summed E-state index contributed by atoms with van der Waals surface area (Å²) in [7, 11) is 1.47. The maximum absolute atomic E-state index is 11.6. The van der Waals surface area contributed by atoms with Gasteiger partial charge in [0.25, 0.3) is 0 Å². The van der Waals surface area contributed by atoms with Gasteiger partial charge in [-0.3, -0.25) is 4.90 Å². The second-order valence-electron chi connectivity index (χ2n) is 4.89. The normalized spacial score (nSPS) is 11.6. The van der Waals surface area contributed by atoms with Crippen molar-refractivity contribution in [2.45, 2.75) is 59.6 Å². The van der Waals surface area contributed by atoms with Crippen LogP contribution < -0.4 is 0 Å². The summed E-state index contributed by atoms with van der Waals surface area (Å²) in [5.74, 6) is 0.903. The SMILES string of the molecule is CCCCC(C)C.CCCN(C)CC(F)(F)F. The first-order valence-electron chi connectivity index (χ1n) is 6.48. The lowest BCUT2D eigenvalue weighted by Crippen LogP contribution is -2.31. The molecule has 0 fully saturated rings. The molecular weight excluding hydrogens is 227 g/mol. The predicted molar refractivity (Wildman–Crippen MR) is 68.2 cm³/mol. The van der Waals surface area contributed by atoms with E-state index in [0.29, 0.717) is 6.54 Å². The lowest BCUT2D eigenvalue weighted by atomic mass is 10.1. The summed E-state index contributed by atoms with van der Waals surface area (Å²) in [6, 6.07) is 0. The Morgan fingerprint density at radius 3 is 1.82 bits per heavy atom. The van der Waals surface area contributed by atoms with Gasteiger partial charge in [-0.15, -0.1) is 0 Å². The van der Waals surface area contributed by atoms with E-state index < -0.39 is 12.7 Å². The Balaban J connectivity index is 0. The molecule has 0 N–H and O–H groups in total. The summed E-state index contributed by atoms with van der Waals surface area (Å²) >= 11 is 0. The topological polar surface area (TPSA) is 3.24 Å². The summed E-state index contributed by atoms with van der Waals surface area (Å²) in [6.07, 6.45) is 0.850. The van der Waals surface area contributed by atoms with Crippen LogP contribution in [0.15, 0.2) is 0 Å². The van der Waals surface area contributed by atoms with Crippen molar-refractivity contribution in [3.63, 3.8) is 0 Å². The number of rotatable bonds is 6. The summed E-state index contributed by atoms with van der Waals surface area (Å²) in [5, 5.41) is 0. The molecule has 0 spiro atoms. The van der Waals surface area contributed by atoms with Crippen LogP contribution in [0, 0.1) is 5.92 Å². The molecule has 0 aliphatic carbocycles. The molecule has 0 saturated heterocycles. The molecule has 1 nitrogen and oxygen atoms in total. The number of unbranched alkanes of at least 4 members (excludes halogenated alkanes) is 1. The molecule has 0 saturated carbocycles. The van der Waals surface area contributed by atoms with Gasteiger partial charge in [0.05, 0.1) is 6.54 Å². The van der Waals surface area contributed by atoms with Crippen molar-refractivity contribution in [1.29, 1.82) is 0 Å². The van der Waals surface area contributed by atoms with Crippen molar-refractivity contribution < 1.29 is 13.2 Å². The van der Waals surface area contributed by atoms with Crippen LogP contribution in [0.2, 0.25) is 0 Å². The molecule has 17 heavy (non-hydrogen) atoms. The van der Waals surface area contributed by atoms with Gasteiger partial charge < -0.3 is 0 Å². The fourth-order valence-corrected chi connectivity index (χ4v) is 1.38.